The summed E-state index contributed by atoms with van der Waals surface area (Å²) in [4.78, 5) is 27.5. The molecule has 0 aliphatic carbocycles. The number of nitrogens with zero attached hydrogens (tertiary/aromatic N) is 2. The minimum absolute atomic E-state index is 0.0127. The summed E-state index contributed by atoms with van der Waals surface area (Å²) >= 11 is 0. The molecule has 0 aromatic heterocycles. The fourth-order valence-corrected chi connectivity index (χ4v) is 4.68. The number of ether oxygens (including phenoxy) is 2. The van der Waals surface area contributed by atoms with Crippen molar-refractivity contribution in [1.82, 2.24) is 9.80 Å². The summed E-state index contributed by atoms with van der Waals surface area (Å²) in [6.45, 7) is 2.25. The smallest absolute Gasteiger partial charge is 0.407 e. The van der Waals surface area contributed by atoms with Gasteiger partial charge < -0.3 is 30.1 Å². The van der Waals surface area contributed by atoms with E-state index in [9.17, 15) is 14.7 Å². The maximum atomic E-state index is 12.5. The number of likely N-dealkylation sites (tertiary alicyclic amines) is 2. The summed E-state index contributed by atoms with van der Waals surface area (Å²) in [6.07, 6.45) is 2.61. The lowest BCUT2D eigenvalue weighted by Gasteiger charge is -2.24. The first-order chi connectivity index (χ1) is 17.3. The number of amides is 1. The number of carbonyl (C=O) groups is 2. The Morgan fingerprint density at radius 3 is 2.28 bits per heavy atom. The second kappa shape index (κ2) is 11.1. The monoisotopic (exact) mass is 493 g/mol. The van der Waals surface area contributed by atoms with Crippen LogP contribution in [-0.4, -0.2) is 71.5 Å². The van der Waals surface area contributed by atoms with Crippen LogP contribution in [0.3, 0.4) is 0 Å². The maximum absolute atomic E-state index is 12.5. The summed E-state index contributed by atoms with van der Waals surface area (Å²) in [5.41, 5.74) is 7.93. The molecule has 5 N–H and O–H groups in total. The number of hydrogen-bond donors (Lipinski definition) is 4. The van der Waals surface area contributed by atoms with Gasteiger partial charge in [0.05, 0.1) is 11.6 Å². The first-order valence-electron chi connectivity index (χ1n) is 12.1. The van der Waals surface area contributed by atoms with E-state index in [1.807, 2.05) is 4.90 Å². The summed E-state index contributed by atoms with van der Waals surface area (Å²) in [7, 11) is 0. The Kier molecular flexibility index (Phi) is 7.72. The lowest BCUT2D eigenvalue weighted by Crippen LogP contribution is -2.29. The number of carboxylic acid groups (broad SMARTS) is 1. The SMILES string of the molecule is N=C(N)c1ccc(C2CCCN2C(=O)O)c(OCCOC(=O)c2ccc(C(=N)N3CCCC3)cc2)c1. The van der Waals surface area contributed by atoms with E-state index in [1.165, 1.54) is 4.90 Å². The van der Waals surface area contributed by atoms with Gasteiger partial charge >= 0.3 is 12.1 Å². The third kappa shape index (κ3) is 5.59. The summed E-state index contributed by atoms with van der Waals surface area (Å²) in [5, 5.41) is 25.5. The number of nitrogens with one attached hydrogen (secondary N) is 2. The zero-order valence-corrected chi connectivity index (χ0v) is 20.0. The molecule has 1 atom stereocenters. The number of esters is 1. The molecule has 2 aliphatic heterocycles. The van der Waals surface area contributed by atoms with Crippen LogP contribution in [0.4, 0.5) is 4.79 Å². The van der Waals surface area contributed by atoms with Crippen molar-refractivity contribution in [3.8, 4) is 5.75 Å². The van der Waals surface area contributed by atoms with Gasteiger partial charge in [0, 0.05) is 36.3 Å². The lowest BCUT2D eigenvalue weighted by molar-refractivity contribution is 0.0448. The summed E-state index contributed by atoms with van der Waals surface area (Å²) < 4.78 is 11.2. The molecule has 2 fully saturated rings. The zero-order valence-electron chi connectivity index (χ0n) is 20.0. The maximum Gasteiger partial charge on any atom is 0.407 e. The fourth-order valence-electron chi connectivity index (χ4n) is 4.68. The highest BCUT2D eigenvalue weighted by Crippen LogP contribution is 2.37. The Balaban J connectivity index is 1.35. The molecular formula is C26H31N5O5. The molecule has 1 amide bonds. The molecule has 2 aliphatic rings. The first-order valence-corrected chi connectivity index (χ1v) is 12.1. The van der Waals surface area contributed by atoms with Crippen LogP contribution < -0.4 is 10.5 Å². The van der Waals surface area contributed by atoms with Gasteiger partial charge in [0.2, 0.25) is 0 Å². The van der Waals surface area contributed by atoms with Crippen LogP contribution in [0, 0.1) is 10.8 Å². The highest BCUT2D eigenvalue weighted by atomic mass is 16.6. The Labute approximate surface area is 209 Å². The molecule has 190 valence electrons. The number of carbonyl (C=O) groups excluding carboxylic acids is 1. The average Bonchev–Trinajstić information content (AvgIpc) is 3.59. The van der Waals surface area contributed by atoms with Crippen LogP contribution in [0.25, 0.3) is 0 Å². The van der Waals surface area contributed by atoms with Crippen molar-refractivity contribution in [2.24, 2.45) is 5.73 Å². The van der Waals surface area contributed by atoms with E-state index in [2.05, 4.69) is 0 Å². The second-order valence-corrected chi connectivity index (χ2v) is 8.90. The minimum Gasteiger partial charge on any atom is -0.490 e. The predicted molar refractivity (Wildman–Crippen MR) is 134 cm³/mol. The molecule has 1 unspecified atom stereocenters. The normalized spacial score (nSPS) is 17.2. The van der Waals surface area contributed by atoms with E-state index < -0.39 is 12.1 Å². The number of amidine groups is 2. The Bertz CT molecular complexity index is 1140. The molecule has 36 heavy (non-hydrogen) atoms. The highest BCUT2D eigenvalue weighted by Gasteiger charge is 2.32. The van der Waals surface area contributed by atoms with Gasteiger partial charge in [-0.3, -0.25) is 10.8 Å². The molecular weight excluding hydrogens is 462 g/mol. The number of hydrogen-bond acceptors (Lipinski definition) is 6. The fraction of sp³-hybridized carbons (Fsp3) is 0.385. The van der Waals surface area contributed by atoms with Gasteiger partial charge in [0.15, 0.2) is 0 Å². The summed E-state index contributed by atoms with van der Waals surface area (Å²) in [5.74, 6) is 0.263. The number of benzene rings is 2. The molecule has 2 heterocycles. The van der Waals surface area contributed by atoms with E-state index >= 15 is 0 Å². The topological polar surface area (TPSA) is 153 Å². The van der Waals surface area contributed by atoms with Gasteiger partial charge in [-0.15, -0.1) is 0 Å². The van der Waals surface area contributed by atoms with Crippen LogP contribution in [0.5, 0.6) is 5.75 Å². The van der Waals surface area contributed by atoms with Gasteiger partial charge in [-0.2, -0.15) is 0 Å². The Morgan fingerprint density at radius 2 is 1.61 bits per heavy atom. The van der Waals surface area contributed by atoms with Crippen LogP contribution >= 0.6 is 0 Å². The second-order valence-electron chi connectivity index (χ2n) is 8.90. The molecule has 2 aromatic rings. The molecule has 2 aromatic carbocycles. The van der Waals surface area contributed by atoms with Crippen molar-refractivity contribution in [1.29, 1.82) is 10.8 Å². The Morgan fingerprint density at radius 1 is 0.944 bits per heavy atom. The summed E-state index contributed by atoms with van der Waals surface area (Å²) in [6, 6.07) is 11.5. The van der Waals surface area contributed by atoms with Crippen molar-refractivity contribution in [3.63, 3.8) is 0 Å². The van der Waals surface area contributed by atoms with Crippen molar-refractivity contribution in [3.05, 3.63) is 64.7 Å². The van der Waals surface area contributed by atoms with E-state index in [4.69, 9.17) is 26.0 Å². The van der Waals surface area contributed by atoms with Crippen LogP contribution in [-0.2, 0) is 4.74 Å². The van der Waals surface area contributed by atoms with Gasteiger partial charge in [-0.1, -0.05) is 24.3 Å². The first kappa shape index (κ1) is 25.0. The molecule has 0 spiro atoms. The largest absolute Gasteiger partial charge is 0.490 e. The molecule has 0 bridgehead atoms. The molecule has 2 saturated heterocycles. The predicted octanol–water partition coefficient (Wildman–Crippen LogP) is 3.44. The van der Waals surface area contributed by atoms with E-state index in [1.54, 1.807) is 42.5 Å². The molecule has 0 saturated carbocycles. The highest BCUT2D eigenvalue weighted by molar-refractivity contribution is 5.98. The molecule has 0 radical (unpaired) electrons. The molecule has 10 heteroatoms. The standard InChI is InChI=1S/C26H31N5O5/c27-23(28)19-9-10-20(21-4-3-13-31(21)26(33)34)22(16-19)35-14-15-36-25(32)18-7-5-17(6-8-18)24(29)30-11-1-2-12-30/h5-10,16,21,29H,1-4,11-15H2,(H3,27,28)(H,33,34). The van der Waals surface area contributed by atoms with E-state index in [0.29, 0.717) is 41.2 Å². The quantitative estimate of drug-likeness (QED) is 0.190. The van der Waals surface area contributed by atoms with Crippen LogP contribution in [0.1, 0.15) is 58.8 Å². The van der Waals surface area contributed by atoms with Crippen molar-refractivity contribution in [2.45, 2.75) is 31.7 Å². The van der Waals surface area contributed by atoms with Gasteiger partial charge in [-0.25, -0.2) is 9.59 Å². The average molecular weight is 494 g/mol. The number of nitrogens with two attached hydrogens (primary N) is 1. The zero-order chi connectivity index (χ0) is 25.7. The van der Waals surface area contributed by atoms with Crippen molar-refractivity contribution >= 4 is 23.7 Å². The molecule has 4 rings (SSSR count). The molecule has 10 nitrogen and oxygen atoms in total. The van der Waals surface area contributed by atoms with Gasteiger partial charge in [-0.05, 0) is 43.9 Å². The van der Waals surface area contributed by atoms with Crippen LogP contribution in [0.2, 0.25) is 0 Å². The van der Waals surface area contributed by atoms with Crippen molar-refractivity contribution in [2.75, 3.05) is 32.8 Å². The third-order valence-corrected chi connectivity index (χ3v) is 6.57. The number of nitrogen functional groups attached to an aromatic ring is 1. The van der Waals surface area contributed by atoms with Crippen molar-refractivity contribution < 1.29 is 24.2 Å². The third-order valence-electron chi connectivity index (χ3n) is 6.57. The number of rotatable bonds is 8. The van der Waals surface area contributed by atoms with Crippen LogP contribution in [0.15, 0.2) is 42.5 Å². The van der Waals surface area contributed by atoms with E-state index in [0.717, 1.165) is 37.9 Å². The van der Waals surface area contributed by atoms with Gasteiger partial charge in [0.1, 0.15) is 30.6 Å². The minimum atomic E-state index is -0.991. The van der Waals surface area contributed by atoms with E-state index in [-0.39, 0.29) is 25.1 Å². The Hall–Kier alpha value is -4.08. The lowest BCUT2D eigenvalue weighted by atomic mass is 10.0. The van der Waals surface area contributed by atoms with Gasteiger partial charge in [0.25, 0.3) is 0 Å².